The van der Waals surface area contributed by atoms with Gasteiger partial charge in [0.2, 0.25) is 0 Å². The maximum Gasteiger partial charge on any atom is 0.103 e. The summed E-state index contributed by atoms with van der Waals surface area (Å²) >= 11 is 0. The molecule has 3 nitrogen and oxygen atoms in total. The molecular formula is C8H18O3. The average molecular weight is 162 g/mol. The Morgan fingerprint density at radius 2 is 1.91 bits per heavy atom. The van der Waals surface area contributed by atoms with Gasteiger partial charge in [0.15, 0.2) is 0 Å². The number of aliphatic hydroxyl groups is 1. The summed E-state index contributed by atoms with van der Waals surface area (Å²) in [6.07, 6.45) is -0.200. The lowest BCUT2D eigenvalue weighted by Gasteiger charge is -2.22. The first kappa shape index (κ1) is 10.9. The van der Waals surface area contributed by atoms with Gasteiger partial charge in [-0.1, -0.05) is 0 Å². The van der Waals surface area contributed by atoms with E-state index in [1.54, 1.807) is 7.11 Å². The molecule has 0 saturated carbocycles. The van der Waals surface area contributed by atoms with Crippen LogP contribution in [-0.4, -0.2) is 37.1 Å². The predicted molar refractivity (Wildman–Crippen MR) is 43.6 cm³/mol. The molecule has 3 heteroatoms. The third kappa shape index (κ3) is 6.28. The highest BCUT2D eigenvalue weighted by molar-refractivity contribution is 4.61. The minimum atomic E-state index is -0.200. The van der Waals surface area contributed by atoms with Gasteiger partial charge in [-0.25, -0.2) is 0 Å². The molecule has 11 heavy (non-hydrogen) atoms. The molecule has 0 amide bonds. The van der Waals surface area contributed by atoms with Crippen LogP contribution >= 0.6 is 0 Å². The smallest absolute Gasteiger partial charge is 0.103 e. The molecule has 1 N–H and O–H groups in total. The monoisotopic (exact) mass is 162 g/mol. The lowest BCUT2D eigenvalue weighted by molar-refractivity contribution is -0.0744. The highest BCUT2D eigenvalue weighted by Gasteiger charge is 2.13. The van der Waals surface area contributed by atoms with Crippen LogP contribution in [0.25, 0.3) is 0 Å². The summed E-state index contributed by atoms with van der Waals surface area (Å²) in [5.41, 5.74) is -0.161. The van der Waals surface area contributed by atoms with Crippen LogP contribution in [0, 0.1) is 0 Å². The van der Waals surface area contributed by atoms with Crippen molar-refractivity contribution in [2.75, 3.05) is 20.3 Å². The molecule has 0 aliphatic rings. The van der Waals surface area contributed by atoms with Gasteiger partial charge in [-0.2, -0.15) is 0 Å². The van der Waals surface area contributed by atoms with E-state index in [1.165, 1.54) is 0 Å². The molecule has 0 aromatic carbocycles. The summed E-state index contributed by atoms with van der Waals surface area (Å²) in [5.74, 6) is 0. The van der Waals surface area contributed by atoms with Gasteiger partial charge in [-0.15, -0.1) is 0 Å². The summed E-state index contributed by atoms with van der Waals surface area (Å²) in [6, 6.07) is 0. The maximum atomic E-state index is 8.72. The van der Waals surface area contributed by atoms with Crippen LogP contribution in [-0.2, 0) is 9.47 Å². The Morgan fingerprint density at radius 3 is 2.18 bits per heavy atom. The Balaban J connectivity index is 3.51. The van der Waals surface area contributed by atoms with Gasteiger partial charge < -0.3 is 14.6 Å². The number of methoxy groups -OCH3 is 1. The van der Waals surface area contributed by atoms with Crippen LogP contribution in [0.4, 0.5) is 0 Å². The second-order valence-electron chi connectivity index (χ2n) is 3.46. The maximum absolute atomic E-state index is 8.72. The van der Waals surface area contributed by atoms with Gasteiger partial charge >= 0.3 is 0 Å². The Morgan fingerprint density at radius 1 is 1.36 bits per heavy atom. The van der Waals surface area contributed by atoms with E-state index in [9.17, 15) is 0 Å². The zero-order valence-corrected chi connectivity index (χ0v) is 7.76. The molecule has 68 valence electrons. The molecule has 0 rings (SSSR count). The number of rotatable bonds is 4. The third-order valence-electron chi connectivity index (χ3n) is 1.24. The lowest BCUT2D eigenvalue weighted by Crippen LogP contribution is -2.29. The van der Waals surface area contributed by atoms with Gasteiger partial charge in [0.05, 0.1) is 18.8 Å². The van der Waals surface area contributed by atoms with Crippen LogP contribution in [0.5, 0.6) is 0 Å². The van der Waals surface area contributed by atoms with E-state index in [0.717, 1.165) is 0 Å². The molecule has 0 bridgehead atoms. The van der Waals surface area contributed by atoms with Crippen molar-refractivity contribution in [3.05, 3.63) is 0 Å². The molecule has 0 fully saturated rings. The molecule has 0 radical (unpaired) electrons. The molecule has 0 heterocycles. The zero-order chi connectivity index (χ0) is 8.91. The summed E-state index contributed by atoms with van der Waals surface area (Å²) in [7, 11) is 1.56. The largest absolute Gasteiger partial charge is 0.394 e. The molecular weight excluding hydrogens is 144 g/mol. The van der Waals surface area contributed by atoms with Crippen LogP contribution in [0.15, 0.2) is 0 Å². The number of hydrogen-bond donors (Lipinski definition) is 1. The van der Waals surface area contributed by atoms with Gasteiger partial charge in [-0.05, 0) is 20.8 Å². The summed E-state index contributed by atoms with van der Waals surface area (Å²) in [5, 5.41) is 8.72. The van der Waals surface area contributed by atoms with Crippen molar-refractivity contribution in [2.45, 2.75) is 32.5 Å². The number of aliphatic hydroxyl groups excluding tert-OH is 1. The minimum Gasteiger partial charge on any atom is -0.394 e. The molecule has 0 aliphatic carbocycles. The summed E-state index contributed by atoms with van der Waals surface area (Å²) < 4.78 is 10.3. The third-order valence-corrected chi connectivity index (χ3v) is 1.24. The standard InChI is InChI=1S/C8H18O3/c1-8(2,3)11-6-7(5-9)10-4/h7,9H,5-6H2,1-4H3/t7-/m1/s1. The van der Waals surface area contributed by atoms with Gasteiger partial charge in [-0.3, -0.25) is 0 Å². The van der Waals surface area contributed by atoms with E-state index in [-0.39, 0.29) is 18.3 Å². The molecule has 0 aromatic rings. The summed E-state index contributed by atoms with van der Waals surface area (Å²) in [6.45, 7) is 6.36. The highest BCUT2D eigenvalue weighted by Crippen LogP contribution is 2.07. The van der Waals surface area contributed by atoms with Crippen molar-refractivity contribution in [3.63, 3.8) is 0 Å². The van der Waals surface area contributed by atoms with E-state index >= 15 is 0 Å². The van der Waals surface area contributed by atoms with Crippen molar-refractivity contribution < 1.29 is 14.6 Å². The molecule has 1 atom stereocenters. The van der Waals surface area contributed by atoms with E-state index < -0.39 is 0 Å². The fraction of sp³-hybridized carbons (Fsp3) is 1.00. The van der Waals surface area contributed by atoms with Crippen molar-refractivity contribution >= 4 is 0 Å². The first-order chi connectivity index (χ1) is 4.99. The predicted octanol–water partition coefficient (Wildman–Crippen LogP) is 0.809. The van der Waals surface area contributed by atoms with E-state index in [0.29, 0.717) is 6.61 Å². The first-order valence-corrected chi connectivity index (χ1v) is 3.77. The van der Waals surface area contributed by atoms with E-state index in [2.05, 4.69) is 0 Å². The van der Waals surface area contributed by atoms with Crippen LogP contribution < -0.4 is 0 Å². The number of ether oxygens (including phenoxy) is 2. The number of hydrogen-bond acceptors (Lipinski definition) is 3. The fourth-order valence-electron chi connectivity index (χ4n) is 0.538. The molecule has 0 aromatic heterocycles. The van der Waals surface area contributed by atoms with Crippen LogP contribution in [0.3, 0.4) is 0 Å². The Hall–Kier alpha value is -0.120. The average Bonchev–Trinajstić information content (AvgIpc) is 1.88. The van der Waals surface area contributed by atoms with Crippen molar-refractivity contribution in [2.24, 2.45) is 0 Å². The van der Waals surface area contributed by atoms with E-state index in [4.69, 9.17) is 14.6 Å². The quantitative estimate of drug-likeness (QED) is 0.664. The van der Waals surface area contributed by atoms with Crippen LogP contribution in [0.2, 0.25) is 0 Å². The van der Waals surface area contributed by atoms with Crippen molar-refractivity contribution in [1.29, 1.82) is 0 Å². The summed E-state index contributed by atoms with van der Waals surface area (Å²) in [4.78, 5) is 0. The SMILES string of the molecule is CO[C@H](CO)COC(C)(C)C. The molecule has 0 unspecified atom stereocenters. The molecule has 0 aliphatic heterocycles. The van der Waals surface area contributed by atoms with Gasteiger partial charge in [0.1, 0.15) is 6.10 Å². The minimum absolute atomic E-state index is 0.00653. The Kier molecular flexibility index (Phi) is 4.65. The molecule has 0 spiro atoms. The fourth-order valence-corrected chi connectivity index (χ4v) is 0.538. The Labute approximate surface area is 68.3 Å². The topological polar surface area (TPSA) is 38.7 Å². The normalized spacial score (nSPS) is 15.0. The van der Waals surface area contributed by atoms with Gasteiger partial charge in [0, 0.05) is 7.11 Å². The Bertz CT molecular complexity index is 92.0. The van der Waals surface area contributed by atoms with Crippen molar-refractivity contribution in [1.82, 2.24) is 0 Å². The van der Waals surface area contributed by atoms with Crippen LogP contribution in [0.1, 0.15) is 20.8 Å². The zero-order valence-electron chi connectivity index (χ0n) is 7.76. The van der Waals surface area contributed by atoms with E-state index in [1.807, 2.05) is 20.8 Å². The highest BCUT2D eigenvalue weighted by atomic mass is 16.5. The second kappa shape index (κ2) is 4.70. The van der Waals surface area contributed by atoms with Gasteiger partial charge in [0.25, 0.3) is 0 Å². The second-order valence-corrected chi connectivity index (χ2v) is 3.46. The lowest BCUT2D eigenvalue weighted by atomic mass is 10.2. The molecule has 0 saturated heterocycles. The van der Waals surface area contributed by atoms with Crippen molar-refractivity contribution in [3.8, 4) is 0 Å². The first-order valence-electron chi connectivity index (χ1n) is 3.77.